The summed E-state index contributed by atoms with van der Waals surface area (Å²) in [6, 6.07) is 0. The lowest BCUT2D eigenvalue weighted by Gasteiger charge is -2.32. The first-order chi connectivity index (χ1) is 9.58. The smallest absolute Gasteiger partial charge is 0.162 e. The Bertz CT molecular complexity index is 503. The minimum atomic E-state index is -0.346. The van der Waals surface area contributed by atoms with E-state index in [2.05, 4.69) is 10.2 Å². The van der Waals surface area contributed by atoms with Crippen LogP contribution in [0.3, 0.4) is 0 Å². The zero-order valence-electron chi connectivity index (χ0n) is 12.2. The molecular formula is C14H23N5O. The monoisotopic (exact) mass is 277 g/mol. The molecule has 1 saturated heterocycles. The number of hydrogen-bond acceptors (Lipinski definition) is 5. The van der Waals surface area contributed by atoms with E-state index in [1.807, 2.05) is 18.7 Å². The molecule has 0 bridgehead atoms. The number of nitrogen functional groups attached to an aromatic ring is 1. The Morgan fingerprint density at radius 1 is 1.40 bits per heavy atom. The summed E-state index contributed by atoms with van der Waals surface area (Å²) in [5, 5.41) is 26.3. The molecule has 2 rings (SSSR count). The summed E-state index contributed by atoms with van der Waals surface area (Å²) in [6.45, 7) is 5.42. The van der Waals surface area contributed by atoms with Gasteiger partial charge in [0.05, 0.1) is 17.4 Å². The van der Waals surface area contributed by atoms with Crippen molar-refractivity contribution >= 4 is 11.7 Å². The lowest BCUT2D eigenvalue weighted by atomic mass is 10.0. The summed E-state index contributed by atoms with van der Waals surface area (Å²) in [7, 11) is 0. The molecule has 1 atom stereocenters. The lowest BCUT2D eigenvalue weighted by Crippen LogP contribution is -2.40. The standard InChI is InChI=1S/C14H23N5O/c1-3-10-11(4-2)17-18-14(12(10)13(15)16)19-7-5-6-9(20)8-19/h9,20H,3-8H2,1-2H3,(H3,15,16). The number of rotatable bonds is 4. The first-order valence-corrected chi connectivity index (χ1v) is 7.24. The molecule has 0 aliphatic carbocycles. The van der Waals surface area contributed by atoms with Crippen molar-refractivity contribution in [3.05, 3.63) is 16.8 Å². The van der Waals surface area contributed by atoms with E-state index in [0.29, 0.717) is 17.9 Å². The molecule has 1 fully saturated rings. The third-order valence-corrected chi connectivity index (χ3v) is 3.79. The highest BCUT2D eigenvalue weighted by molar-refractivity contribution is 6.01. The Labute approximate surface area is 119 Å². The molecule has 0 spiro atoms. The maximum Gasteiger partial charge on any atom is 0.162 e. The fourth-order valence-corrected chi connectivity index (χ4v) is 2.81. The number of aliphatic hydroxyl groups is 1. The Kier molecular flexibility index (Phi) is 4.54. The molecule has 6 heteroatoms. The van der Waals surface area contributed by atoms with Gasteiger partial charge in [-0.15, -0.1) is 5.10 Å². The minimum absolute atomic E-state index is 0.0292. The van der Waals surface area contributed by atoms with E-state index in [0.717, 1.165) is 43.5 Å². The Morgan fingerprint density at radius 3 is 2.70 bits per heavy atom. The molecule has 20 heavy (non-hydrogen) atoms. The van der Waals surface area contributed by atoms with Gasteiger partial charge in [0.25, 0.3) is 0 Å². The number of piperidine rings is 1. The number of nitrogens with two attached hydrogens (primary N) is 1. The van der Waals surface area contributed by atoms with E-state index in [9.17, 15) is 5.11 Å². The van der Waals surface area contributed by atoms with Gasteiger partial charge in [-0.05, 0) is 31.2 Å². The van der Waals surface area contributed by atoms with Crippen LogP contribution in [0.5, 0.6) is 0 Å². The predicted molar refractivity (Wildman–Crippen MR) is 79.3 cm³/mol. The van der Waals surface area contributed by atoms with E-state index in [1.54, 1.807) is 0 Å². The fraction of sp³-hybridized carbons (Fsp3) is 0.643. The van der Waals surface area contributed by atoms with Crippen molar-refractivity contribution < 1.29 is 5.11 Å². The van der Waals surface area contributed by atoms with Gasteiger partial charge in [-0.1, -0.05) is 13.8 Å². The first-order valence-electron chi connectivity index (χ1n) is 7.24. The van der Waals surface area contributed by atoms with Gasteiger partial charge in [-0.2, -0.15) is 5.10 Å². The third kappa shape index (κ3) is 2.75. The molecule has 0 saturated carbocycles. The molecule has 0 radical (unpaired) electrons. The molecule has 0 aromatic carbocycles. The normalized spacial score (nSPS) is 19.1. The maximum absolute atomic E-state index is 9.82. The molecule has 0 amide bonds. The first kappa shape index (κ1) is 14.7. The van der Waals surface area contributed by atoms with Crippen LogP contribution >= 0.6 is 0 Å². The fourth-order valence-electron chi connectivity index (χ4n) is 2.81. The van der Waals surface area contributed by atoms with Gasteiger partial charge in [0.15, 0.2) is 5.82 Å². The summed E-state index contributed by atoms with van der Waals surface area (Å²) in [6.07, 6.45) is 2.93. The van der Waals surface area contributed by atoms with Crippen molar-refractivity contribution in [1.29, 1.82) is 5.41 Å². The summed E-state index contributed by atoms with van der Waals surface area (Å²) in [4.78, 5) is 2.00. The van der Waals surface area contributed by atoms with Crippen molar-refractivity contribution in [2.75, 3.05) is 18.0 Å². The molecule has 2 heterocycles. The molecule has 6 nitrogen and oxygen atoms in total. The SMILES string of the molecule is CCc1nnc(N2CCCC(O)C2)c(C(=N)N)c1CC. The van der Waals surface area contributed by atoms with E-state index in [-0.39, 0.29) is 11.9 Å². The number of anilines is 1. The van der Waals surface area contributed by atoms with Crippen LogP contribution in [-0.4, -0.2) is 40.3 Å². The number of aromatic nitrogens is 2. The highest BCUT2D eigenvalue weighted by Gasteiger charge is 2.25. The second-order valence-corrected chi connectivity index (χ2v) is 5.19. The molecular weight excluding hydrogens is 254 g/mol. The topological polar surface area (TPSA) is 99.1 Å². The van der Waals surface area contributed by atoms with Crippen LogP contribution in [0.25, 0.3) is 0 Å². The van der Waals surface area contributed by atoms with Gasteiger partial charge in [-0.3, -0.25) is 5.41 Å². The van der Waals surface area contributed by atoms with E-state index in [4.69, 9.17) is 11.1 Å². The van der Waals surface area contributed by atoms with Crippen molar-refractivity contribution in [3.8, 4) is 0 Å². The van der Waals surface area contributed by atoms with E-state index in [1.165, 1.54) is 0 Å². The number of amidine groups is 1. The number of β-amino-alcohol motifs (C(OH)–C–C–N with tert-alkyl or cyclic N) is 1. The van der Waals surface area contributed by atoms with Gasteiger partial charge >= 0.3 is 0 Å². The van der Waals surface area contributed by atoms with Gasteiger partial charge in [0.1, 0.15) is 5.84 Å². The minimum Gasteiger partial charge on any atom is -0.391 e. The zero-order valence-corrected chi connectivity index (χ0v) is 12.2. The quantitative estimate of drug-likeness (QED) is 0.559. The second kappa shape index (κ2) is 6.17. The van der Waals surface area contributed by atoms with Crippen LogP contribution in [0.4, 0.5) is 5.82 Å². The number of hydrogen-bond donors (Lipinski definition) is 3. The number of nitrogens with one attached hydrogen (secondary N) is 1. The second-order valence-electron chi connectivity index (χ2n) is 5.19. The number of nitrogens with zero attached hydrogens (tertiary/aromatic N) is 3. The molecule has 110 valence electrons. The predicted octanol–water partition coefficient (Wildman–Crippen LogP) is 0.847. The van der Waals surface area contributed by atoms with Crippen LogP contribution < -0.4 is 10.6 Å². The number of aryl methyl sites for hydroxylation is 1. The molecule has 4 N–H and O–H groups in total. The van der Waals surface area contributed by atoms with Gasteiger partial charge in [0.2, 0.25) is 0 Å². The highest BCUT2D eigenvalue weighted by atomic mass is 16.3. The van der Waals surface area contributed by atoms with Crippen LogP contribution in [0.1, 0.15) is 43.5 Å². The number of aliphatic hydroxyl groups excluding tert-OH is 1. The van der Waals surface area contributed by atoms with Crippen LogP contribution in [-0.2, 0) is 12.8 Å². The van der Waals surface area contributed by atoms with Crippen molar-refractivity contribution in [2.24, 2.45) is 5.73 Å². The Balaban J connectivity index is 2.49. The average Bonchev–Trinajstić information content (AvgIpc) is 2.45. The van der Waals surface area contributed by atoms with Gasteiger partial charge in [-0.25, -0.2) is 0 Å². The van der Waals surface area contributed by atoms with Crippen LogP contribution in [0.2, 0.25) is 0 Å². The van der Waals surface area contributed by atoms with Crippen molar-refractivity contribution in [2.45, 2.75) is 45.6 Å². The van der Waals surface area contributed by atoms with Gasteiger partial charge in [0, 0.05) is 13.1 Å². The third-order valence-electron chi connectivity index (χ3n) is 3.79. The summed E-state index contributed by atoms with van der Waals surface area (Å²) in [5.41, 5.74) is 8.38. The van der Waals surface area contributed by atoms with Crippen LogP contribution in [0, 0.1) is 5.41 Å². The Morgan fingerprint density at radius 2 is 2.15 bits per heavy atom. The lowest BCUT2D eigenvalue weighted by molar-refractivity contribution is 0.153. The largest absolute Gasteiger partial charge is 0.391 e. The summed E-state index contributed by atoms with van der Waals surface area (Å²) < 4.78 is 0. The molecule has 1 aromatic heterocycles. The summed E-state index contributed by atoms with van der Waals surface area (Å²) >= 11 is 0. The zero-order chi connectivity index (χ0) is 14.7. The van der Waals surface area contributed by atoms with Crippen molar-refractivity contribution in [3.63, 3.8) is 0 Å². The summed E-state index contributed by atoms with van der Waals surface area (Å²) in [5.74, 6) is 0.673. The molecule has 1 unspecified atom stereocenters. The molecule has 1 aliphatic rings. The van der Waals surface area contributed by atoms with E-state index < -0.39 is 0 Å². The highest BCUT2D eigenvalue weighted by Crippen LogP contribution is 2.26. The maximum atomic E-state index is 9.82. The van der Waals surface area contributed by atoms with Crippen molar-refractivity contribution in [1.82, 2.24) is 10.2 Å². The average molecular weight is 277 g/mol. The van der Waals surface area contributed by atoms with Gasteiger partial charge < -0.3 is 15.7 Å². The molecule has 1 aliphatic heterocycles. The molecule has 1 aromatic rings. The van der Waals surface area contributed by atoms with E-state index >= 15 is 0 Å². The van der Waals surface area contributed by atoms with Crippen LogP contribution in [0.15, 0.2) is 0 Å². The Hall–Kier alpha value is -1.69.